The van der Waals surface area contributed by atoms with Gasteiger partial charge in [-0.25, -0.2) is 9.67 Å². The number of nitrogens with zero attached hydrogens (tertiary/aromatic N) is 4. The minimum atomic E-state index is -0.249. The second-order valence-electron chi connectivity index (χ2n) is 7.45. The molecule has 1 N–H and O–H groups in total. The van der Waals surface area contributed by atoms with Gasteiger partial charge in [0.25, 0.3) is 0 Å². The van der Waals surface area contributed by atoms with Crippen molar-refractivity contribution in [2.75, 3.05) is 0 Å². The number of pyridine rings is 1. The quantitative estimate of drug-likeness (QED) is 0.603. The summed E-state index contributed by atoms with van der Waals surface area (Å²) in [7, 11) is 2.03. The number of aryl methyl sites for hydroxylation is 1. The lowest BCUT2D eigenvalue weighted by Gasteiger charge is -2.21. The first-order chi connectivity index (χ1) is 12.3. The zero-order chi connectivity index (χ0) is 18.5. The van der Waals surface area contributed by atoms with Gasteiger partial charge in [0.2, 0.25) is 5.56 Å². The van der Waals surface area contributed by atoms with Crippen LogP contribution in [-0.4, -0.2) is 24.3 Å². The Bertz CT molecular complexity index is 1140. The molecule has 0 radical (unpaired) electrons. The minimum Gasteiger partial charge on any atom is -0.351 e. The van der Waals surface area contributed by atoms with Crippen LogP contribution < -0.4 is 5.56 Å². The average Bonchev–Trinajstić information content (AvgIpc) is 3.20. The second-order valence-corrected chi connectivity index (χ2v) is 7.45. The van der Waals surface area contributed by atoms with Crippen LogP contribution in [0.4, 0.5) is 0 Å². The number of fused-ring (bicyclic) bond motifs is 1. The Morgan fingerprint density at radius 3 is 2.58 bits per heavy atom. The molecule has 4 rings (SSSR count). The third-order valence-electron chi connectivity index (χ3n) is 4.45. The van der Waals surface area contributed by atoms with E-state index in [1.165, 1.54) is 6.07 Å². The summed E-state index contributed by atoms with van der Waals surface area (Å²) in [6.07, 6.45) is 3.72. The van der Waals surface area contributed by atoms with E-state index < -0.39 is 0 Å². The number of hydrogen-bond donors (Lipinski definition) is 1. The smallest absolute Gasteiger partial charge is 0.247 e. The fourth-order valence-corrected chi connectivity index (χ4v) is 3.13. The number of hydrogen-bond acceptors (Lipinski definition) is 3. The molecule has 3 aromatic heterocycles. The normalized spacial score (nSPS) is 12.0. The maximum Gasteiger partial charge on any atom is 0.247 e. The number of aromatic amines is 1. The van der Waals surface area contributed by atoms with E-state index in [-0.39, 0.29) is 11.1 Å². The first kappa shape index (κ1) is 16.3. The highest BCUT2D eigenvalue weighted by Crippen LogP contribution is 2.31. The standard InChI is InChI=1S/C20H21N5O/c1-20(2,3)25-19(13-8-9-17(26)21-12-13)22-18(23-25)15-6-5-7-16-14(15)10-11-24(16)4/h5-12H,1-4H3,(H,21,26). The van der Waals surface area contributed by atoms with Gasteiger partial charge in [0.1, 0.15) is 0 Å². The Morgan fingerprint density at radius 2 is 1.88 bits per heavy atom. The van der Waals surface area contributed by atoms with Crippen LogP contribution in [0.5, 0.6) is 0 Å². The summed E-state index contributed by atoms with van der Waals surface area (Å²) >= 11 is 0. The van der Waals surface area contributed by atoms with Crippen molar-refractivity contribution in [1.29, 1.82) is 0 Å². The summed E-state index contributed by atoms with van der Waals surface area (Å²) in [5, 5.41) is 5.93. The van der Waals surface area contributed by atoms with Crippen LogP contribution in [-0.2, 0) is 12.6 Å². The topological polar surface area (TPSA) is 68.5 Å². The van der Waals surface area contributed by atoms with Crippen molar-refractivity contribution in [2.24, 2.45) is 7.05 Å². The van der Waals surface area contributed by atoms with Crippen LogP contribution in [0, 0.1) is 0 Å². The number of H-pyrrole nitrogens is 1. The first-order valence-electron chi connectivity index (χ1n) is 8.56. The molecular weight excluding hydrogens is 326 g/mol. The van der Waals surface area contributed by atoms with E-state index in [1.807, 2.05) is 30.1 Å². The molecule has 1 aromatic carbocycles. The third kappa shape index (κ3) is 2.63. The predicted octanol–water partition coefficient (Wildman–Crippen LogP) is 3.55. The number of rotatable bonds is 2. The van der Waals surface area contributed by atoms with E-state index in [4.69, 9.17) is 10.1 Å². The van der Waals surface area contributed by atoms with Crippen molar-refractivity contribution in [1.82, 2.24) is 24.3 Å². The molecule has 0 unspecified atom stereocenters. The molecule has 0 bridgehead atoms. The maximum atomic E-state index is 11.4. The summed E-state index contributed by atoms with van der Waals surface area (Å²) in [6, 6.07) is 11.5. The highest BCUT2D eigenvalue weighted by molar-refractivity contribution is 5.93. The van der Waals surface area contributed by atoms with E-state index >= 15 is 0 Å². The first-order valence-corrected chi connectivity index (χ1v) is 8.56. The van der Waals surface area contributed by atoms with Gasteiger partial charge in [-0.05, 0) is 39.0 Å². The second kappa shape index (κ2) is 5.69. The molecule has 26 heavy (non-hydrogen) atoms. The molecule has 0 saturated carbocycles. The van der Waals surface area contributed by atoms with Gasteiger partial charge in [-0.2, -0.15) is 0 Å². The van der Waals surface area contributed by atoms with E-state index in [2.05, 4.69) is 42.5 Å². The van der Waals surface area contributed by atoms with Gasteiger partial charge in [-0.3, -0.25) is 4.79 Å². The van der Waals surface area contributed by atoms with Crippen molar-refractivity contribution >= 4 is 10.9 Å². The average molecular weight is 347 g/mol. The van der Waals surface area contributed by atoms with Crippen LogP contribution in [0.3, 0.4) is 0 Å². The summed E-state index contributed by atoms with van der Waals surface area (Å²) in [5.41, 5.74) is 2.58. The molecule has 0 fully saturated rings. The zero-order valence-electron chi connectivity index (χ0n) is 15.3. The van der Waals surface area contributed by atoms with Gasteiger partial charge >= 0.3 is 0 Å². The molecule has 0 saturated heterocycles. The van der Waals surface area contributed by atoms with Gasteiger partial charge < -0.3 is 9.55 Å². The molecule has 6 nitrogen and oxygen atoms in total. The molecule has 6 heteroatoms. The van der Waals surface area contributed by atoms with E-state index in [9.17, 15) is 4.79 Å². The summed E-state index contributed by atoms with van der Waals surface area (Å²) in [5.74, 6) is 1.41. The van der Waals surface area contributed by atoms with Gasteiger partial charge in [0.15, 0.2) is 11.6 Å². The van der Waals surface area contributed by atoms with Crippen LogP contribution in [0.2, 0.25) is 0 Å². The number of benzene rings is 1. The summed E-state index contributed by atoms with van der Waals surface area (Å²) in [6.45, 7) is 6.26. The highest BCUT2D eigenvalue weighted by Gasteiger charge is 2.23. The fourth-order valence-electron chi connectivity index (χ4n) is 3.13. The molecule has 132 valence electrons. The SMILES string of the molecule is Cn1ccc2c(-c3nc(-c4ccc(=O)[nH]c4)n(C(C)(C)C)n3)cccc21. The van der Waals surface area contributed by atoms with Crippen molar-refractivity contribution in [3.05, 3.63) is 59.1 Å². The number of nitrogens with one attached hydrogen (secondary N) is 1. The van der Waals surface area contributed by atoms with Crippen molar-refractivity contribution < 1.29 is 0 Å². The molecular formula is C20H21N5O. The number of aromatic nitrogens is 5. The lowest BCUT2D eigenvalue weighted by molar-refractivity contribution is 0.360. The fraction of sp³-hybridized carbons (Fsp3) is 0.250. The monoisotopic (exact) mass is 347 g/mol. The van der Waals surface area contributed by atoms with Crippen molar-refractivity contribution in [3.8, 4) is 22.8 Å². The molecule has 0 aliphatic heterocycles. The van der Waals surface area contributed by atoms with Gasteiger partial charge in [0.05, 0.1) is 5.54 Å². The van der Waals surface area contributed by atoms with Crippen LogP contribution in [0.15, 0.2) is 53.6 Å². The Morgan fingerprint density at radius 1 is 1.08 bits per heavy atom. The predicted molar refractivity (Wildman–Crippen MR) is 103 cm³/mol. The summed E-state index contributed by atoms with van der Waals surface area (Å²) < 4.78 is 4.00. The zero-order valence-corrected chi connectivity index (χ0v) is 15.3. The van der Waals surface area contributed by atoms with Crippen molar-refractivity contribution in [3.63, 3.8) is 0 Å². The largest absolute Gasteiger partial charge is 0.351 e. The van der Waals surface area contributed by atoms with Crippen molar-refractivity contribution in [2.45, 2.75) is 26.3 Å². The molecule has 4 aromatic rings. The van der Waals surface area contributed by atoms with Crippen LogP contribution in [0.1, 0.15) is 20.8 Å². The third-order valence-corrected chi connectivity index (χ3v) is 4.45. The van der Waals surface area contributed by atoms with Gasteiger partial charge in [-0.15, -0.1) is 5.10 Å². The Hall–Kier alpha value is -3.15. The van der Waals surface area contributed by atoms with Gasteiger partial charge in [0, 0.05) is 47.5 Å². The van der Waals surface area contributed by atoms with E-state index in [1.54, 1.807) is 12.3 Å². The molecule has 0 spiro atoms. The molecule has 0 amide bonds. The maximum absolute atomic E-state index is 11.4. The molecule has 0 aliphatic carbocycles. The molecule has 0 aliphatic rings. The Labute approximate surface area is 151 Å². The molecule has 3 heterocycles. The molecule has 0 atom stereocenters. The lowest BCUT2D eigenvalue weighted by atomic mass is 10.1. The van der Waals surface area contributed by atoms with Gasteiger partial charge in [-0.1, -0.05) is 12.1 Å². The lowest BCUT2D eigenvalue weighted by Crippen LogP contribution is -2.24. The summed E-state index contributed by atoms with van der Waals surface area (Å²) in [4.78, 5) is 19.0. The Balaban J connectivity index is 1.96. The van der Waals surface area contributed by atoms with E-state index in [0.717, 1.165) is 27.9 Å². The Kier molecular flexibility index (Phi) is 3.57. The van der Waals surface area contributed by atoms with Crippen LogP contribution in [0.25, 0.3) is 33.7 Å². The van der Waals surface area contributed by atoms with E-state index in [0.29, 0.717) is 5.82 Å². The highest BCUT2D eigenvalue weighted by atomic mass is 16.1. The van der Waals surface area contributed by atoms with Crippen LogP contribution >= 0.6 is 0 Å². The minimum absolute atomic E-state index is 0.134.